The van der Waals surface area contributed by atoms with Gasteiger partial charge >= 0.3 is 0 Å². The molecule has 2 heterocycles. The van der Waals surface area contributed by atoms with Crippen molar-refractivity contribution in [1.29, 1.82) is 0 Å². The lowest BCUT2D eigenvalue weighted by molar-refractivity contribution is 0.787. The average molecular weight is 920 g/mol. The Morgan fingerprint density at radius 3 is 1.19 bits per heavy atom. The van der Waals surface area contributed by atoms with Gasteiger partial charge in [0.1, 0.15) is 0 Å². The maximum atomic E-state index is 5.27. The van der Waals surface area contributed by atoms with E-state index in [1.165, 1.54) is 27.8 Å². The van der Waals surface area contributed by atoms with Gasteiger partial charge in [0.2, 0.25) is 0 Å². The third kappa shape index (κ3) is 8.99. The lowest BCUT2D eigenvalue weighted by Gasteiger charge is -2.36. The molecule has 0 saturated heterocycles. The summed E-state index contributed by atoms with van der Waals surface area (Å²) in [5, 5.41) is 4.11. The van der Waals surface area contributed by atoms with E-state index in [1.54, 1.807) is 0 Å². The predicted molar refractivity (Wildman–Crippen MR) is 300 cm³/mol. The summed E-state index contributed by atoms with van der Waals surface area (Å²) in [6, 6.07) is 101. The number of hydrogen-bond donors (Lipinski definition) is 1. The van der Waals surface area contributed by atoms with Crippen LogP contribution in [-0.2, 0) is 0 Å². The molecule has 1 atom stereocenters. The first-order chi connectivity index (χ1) is 35.7. The molecule has 1 aromatic heterocycles. The van der Waals surface area contributed by atoms with E-state index in [-0.39, 0.29) is 6.04 Å². The topological polar surface area (TPSA) is 37.8 Å². The Morgan fingerprint density at radius 2 is 0.639 bits per heavy atom. The molecule has 0 radical (unpaired) electrons. The number of nitrogens with one attached hydrogen (secondary N) is 1. The second-order valence-corrected chi connectivity index (χ2v) is 18.1. The van der Waals surface area contributed by atoms with Crippen LogP contribution in [0.15, 0.2) is 285 Å². The van der Waals surface area contributed by atoms with Gasteiger partial charge < -0.3 is 5.32 Å². The Bertz CT molecular complexity index is 3650. The Labute approximate surface area is 421 Å². The minimum atomic E-state index is -0.126. The molecule has 72 heavy (non-hydrogen) atoms. The van der Waals surface area contributed by atoms with Crippen LogP contribution >= 0.6 is 0 Å². The van der Waals surface area contributed by atoms with Crippen molar-refractivity contribution in [3.8, 4) is 67.3 Å². The molecule has 1 aliphatic rings. The maximum absolute atomic E-state index is 5.27. The molecule has 1 aliphatic heterocycles. The number of allylic oxidation sites excluding steroid dienone is 2. The highest BCUT2D eigenvalue weighted by Crippen LogP contribution is 2.50. The van der Waals surface area contributed by atoms with Crippen LogP contribution in [0.4, 0.5) is 0 Å². The molecule has 0 spiro atoms. The second-order valence-electron chi connectivity index (χ2n) is 18.1. The first kappa shape index (κ1) is 43.8. The van der Waals surface area contributed by atoms with Gasteiger partial charge in [-0.3, -0.25) is 0 Å². The molecule has 0 fully saturated rings. The van der Waals surface area contributed by atoms with E-state index in [0.717, 1.165) is 83.8 Å². The second kappa shape index (κ2) is 19.9. The molecule has 0 bridgehead atoms. The van der Waals surface area contributed by atoms with Gasteiger partial charge in [-0.05, 0) is 103 Å². The van der Waals surface area contributed by atoms with Crippen LogP contribution in [0.3, 0.4) is 0 Å². The van der Waals surface area contributed by atoms with Crippen molar-refractivity contribution in [2.45, 2.75) is 6.04 Å². The van der Waals surface area contributed by atoms with Crippen LogP contribution in [0.5, 0.6) is 0 Å². The van der Waals surface area contributed by atoms with Crippen LogP contribution in [0.25, 0.3) is 89.7 Å². The monoisotopic (exact) mass is 919 g/mol. The predicted octanol–water partition coefficient (Wildman–Crippen LogP) is 17.3. The van der Waals surface area contributed by atoms with Crippen molar-refractivity contribution < 1.29 is 0 Å². The lowest BCUT2D eigenvalue weighted by Crippen LogP contribution is -2.27. The van der Waals surface area contributed by atoms with Gasteiger partial charge in [0.25, 0.3) is 0 Å². The summed E-state index contributed by atoms with van der Waals surface area (Å²) in [6.45, 7) is 0. The fourth-order valence-corrected chi connectivity index (χ4v) is 10.1. The minimum absolute atomic E-state index is 0.126. The SMILES string of the molecule is c1ccc(C2=C(c3ccccc3)C(c3cccc(-c4ccc(-c5cc(-c6cc(-c7ccccc7)cc(-c7ccccc7)c6)nc(-c6ccccc6)n5)cc4)c3)=C(c3ccccc3)C(c3ccccc3)N2)cc1. The molecule has 12 rings (SSSR count). The number of rotatable bonds is 11. The smallest absolute Gasteiger partial charge is 0.160 e. The van der Waals surface area contributed by atoms with Gasteiger partial charge in [0, 0.05) is 22.3 Å². The largest absolute Gasteiger partial charge is 0.373 e. The Hall–Kier alpha value is -9.44. The zero-order valence-corrected chi connectivity index (χ0v) is 39.6. The summed E-state index contributed by atoms with van der Waals surface area (Å²) in [7, 11) is 0. The van der Waals surface area contributed by atoms with E-state index in [9.17, 15) is 0 Å². The molecule has 1 N–H and O–H groups in total. The molecule has 0 saturated carbocycles. The number of benzene rings is 10. The van der Waals surface area contributed by atoms with Crippen molar-refractivity contribution in [3.63, 3.8) is 0 Å². The standard InChI is InChI=1S/C69H49N3/c1-8-23-48(24-9-1)59-44-60(49-25-10-2-11-26-49)46-61(45-59)63-47-62(70-69(71-63)56-35-20-7-21-36-56)51-41-39-50(40-42-51)57-37-22-38-58(43-57)64-65(52-27-12-3-13-28-52)67(54-31-16-5-17-32-54)72-68(55-33-18-6-19-34-55)66(64)53-29-14-4-15-30-53/h1-47,67,72H. The van der Waals surface area contributed by atoms with E-state index < -0.39 is 0 Å². The zero-order chi connectivity index (χ0) is 48.1. The quantitative estimate of drug-likeness (QED) is 0.140. The number of dihydropyridines is 1. The van der Waals surface area contributed by atoms with Gasteiger partial charge in [0.05, 0.1) is 23.1 Å². The highest BCUT2D eigenvalue weighted by Gasteiger charge is 2.33. The van der Waals surface area contributed by atoms with Crippen molar-refractivity contribution in [1.82, 2.24) is 15.3 Å². The van der Waals surface area contributed by atoms with E-state index in [0.29, 0.717) is 5.82 Å². The van der Waals surface area contributed by atoms with Gasteiger partial charge in [-0.1, -0.05) is 255 Å². The Morgan fingerprint density at radius 1 is 0.250 bits per heavy atom. The van der Waals surface area contributed by atoms with Crippen molar-refractivity contribution in [2.24, 2.45) is 0 Å². The Balaban J connectivity index is 0.995. The zero-order valence-electron chi connectivity index (χ0n) is 39.6. The summed E-state index contributed by atoms with van der Waals surface area (Å²) in [5.41, 5.74) is 22.0. The number of hydrogen-bond acceptors (Lipinski definition) is 3. The molecule has 3 heteroatoms. The molecule has 3 nitrogen and oxygen atoms in total. The van der Waals surface area contributed by atoms with Crippen LogP contribution < -0.4 is 5.32 Å². The van der Waals surface area contributed by atoms with Gasteiger partial charge in [-0.2, -0.15) is 0 Å². The van der Waals surface area contributed by atoms with Crippen LogP contribution in [0.1, 0.15) is 33.9 Å². The fourth-order valence-electron chi connectivity index (χ4n) is 10.1. The first-order valence-corrected chi connectivity index (χ1v) is 24.6. The normalized spacial score (nSPS) is 13.4. The van der Waals surface area contributed by atoms with Gasteiger partial charge in [0.15, 0.2) is 5.82 Å². The van der Waals surface area contributed by atoms with Crippen molar-refractivity contribution in [3.05, 3.63) is 313 Å². The maximum Gasteiger partial charge on any atom is 0.160 e. The minimum Gasteiger partial charge on any atom is -0.373 e. The average Bonchev–Trinajstić information content (AvgIpc) is 3.48. The number of aromatic nitrogens is 2. The first-order valence-electron chi connectivity index (χ1n) is 24.6. The third-order valence-electron chi connectivity index (χ3n) is 13.6. The molecule has 340 valence electrons. The van der Waals surface area contributed by atoms with E-state index >= 15 is 0 Å². The lowest BCUT2D eigenvalue weighted by atomic mass is 9.76. The fraction of sp³-hybridized carbons (Fsp3) is 0.0145. The molecule has 1 unspecified atom stereocenters. The van der Waals surface area contributed by atoms with Crippen molar-refractivity contribution >= 4 is 22.4 Å². The molecule has 11 aromatic rings. The van der Waals surface area contributed by atoms with Crippen LogP contribution in [0.2, 0.25) is 0 Å². The third-order valence-corrected chi connectivity index (χ3v) is 13.6. The summed E-state index contributed by atoms with van der Waals surface area (Å²) >= 11 is 0. The summed E-state index contributed by atoms with van der Waals surface area (Å²) in [4.78, 5) is 10.5. The summed E-state index contributed by atoms with van der Waals surface area (Å²) in [6.07, 6.45) is 0. The van der Waals surface area contributed by atoms with Crippen molar-refractivity contribution in [2.75, 3.05) is 0 Å². The highest BCUT2D eigenvalue weighted by atomic mass is 14.9. The summed E-state index contributed by atoms with van der Waals surface area (Å²) in [5.74, 6) is 0.682. The molecule has 0 amide bonds. The highest BCUT2D eigenvalue weighted by molar-refractivity contribution is 6.24. The molecule has 0 aliphatic carbocycles. The Kier molecular flexibility index (Phi) is 12.1. The number of nitrogens with zero attached hydrogens (tertiary/aromatic N) is 2. The van der Waals surface area contributed by atoms with E-state index in [2.05, 4.69) is 272 Å². The molecular weight excluding hydrogens is 871 g/mol. The van der Waals surface area contributed by atoms with Crippen LogP contribution in [-0.4, -0.2) is 9.97 Å². The molecular formula is C69H49N3. The summed E-state index contributed by atoms with van der Waals surface area (Å²) < 4.78 is 0. The van der Waals surface area contributed by atoms with Crippen LogP contribution in [0, 0.1) is 0 Å². The van der Waals surface area contributed by atoms with Gasteiger partial charge in [-0.25, -0.2) is 9.97 Å². The van der Waals surface area contributed by atoms with E-state index in [1.807, 2.05) is 18.2 Å². The van der Waals surface area contributed by atoms with Gasteiger partial charge in [-0.15, -0.1) is 0 Å². The van der Waals surface area contributed by atoms with E-state index in [4.69, 9.17) is 9.97 Å². The molecule has 10 aromatic carbocycles.